The highest BCUT2D eigenvalue weighted by Gasteiger charge is 2.09. The lowest BCUT2D eigenvalue weighted by molar-refractivity contribution is 0.0950. The molecule has 122 valence electrons. The van der Waals surface area contributed by atoms with Crippen LogP contribution in [0.4, 0.5) is 0 Å². The molecule has 0 aliphatic heterocycles. The van der Waals surface area contributed by atoms with Gasteiger partial charge in [-0.15, -0.1) is 0 Å². The summed E-state index contributed by atoms with van der Waals surface area (Å²) in [7, 11) is 3.24. The van der Waals surface area contributed by atoms with Gasteiger partial charge in [-0.2, -0.15) is 5.10 Å². The number of aromatic nitrogens is 1. The van der Waals surface area contributed by atoms with Crippen LogP contribution in [0.1, 0.15) is 28.5 Å². The van der Waals surface area contributed by atoms with Gasteiger partial charge in [-0.25, -0.2) is 5.43 Å². The predicted molar refractivity (Wildman–Crippen MR) is 91.9 cm³/mol. The van der Waals surface area contributed by atoms with Crippen molar-refractivity contribution in [1.29, 1.82) is 0 Å². The first-order chi connectivity index (χ1) is 11.0. The predicted octanol–water partition coefficient (Wildman–Crippen LogP) is 3.09. The van der Waals surface area contributed by atoms with E-state index < -0.39 is 0 Å². The minimum Gasteiger partial charge on any atom is -0.496 e. The summed E-state index contributed by atoms with van der Waals surface area (Å²) in [5.74, 6) is 0.448. The maximum Gasteiger partial charge on any atom is 0.287 e. The molecule has 2 N–H and O–H groups in total. The molecule has 0 spiro atoms. The number of H-pyrrole nitrogens is 1. The Morgan fingerprint density at radius 1 is 1.35 bits per heavy atom. The van der Waals surface area contributed by atoms with Gasteiger partial charge in [-0.3, -0.25) is 4.79 Å². The maximum atomic E-state index is 12.0. The number of methoxy groups -OCH3 is 2. The summed E-state index contributed by atoms with van der Waals surface area (Å²) in [6, 6.07) is 7.35. The Morgan fingerprint density at radius 2 is 2.13 bits per heavy atom. The van der Waals surface area contributed by atoms with Crippen molar-refractivity contribution in [3.8, 4) is 5.75 Å². The first kappa shape index (κ1) is 17.2. The van der Waals surface area contributed by atoms with Gasteiger partial charge in [0, 0.05) is 23.3 Å². The van der Waals surface area contributed by atoms with Crippen LogP contribution < -0.4 is 10.2 Å². The average molecular weight is 380 g/mol. The summed E-state index contributed by atoms with van der Waals surface area (Å²) in [5.41, 5.74) is 5.44. The number of hydrogen-bond acceptors (Lipinski definition) is 4. The second-order valence-electron chi connectivity index (χ2n) is 4.83. The highest BCUT2D eigenvalue weighted by atomic mass is 79.9. The van der Waals surface area contributed by atoms with Crippen molar-refractivity contribution in [2.24, 2.45) is 5.10 Å². The van der Waals surface area contributed by atoms with Gasteiger partial charge in [0.05, 0.1) is 19.4 Å². The number of nitrogens with one attached hydrogen (secondary N) is 2. The van der Waals surface area contributed by atoms with E-state index in [1.54, 1.807) is 26.5 Å². The molecule has 1 amide bonds. The molecule has 1 heterocycles. The molecule has 0 saturated carbocycles. The number of hydrogen-bond donors (Lipinski definition) is 2. The largest absolute Gasteiger partial charge is 0.496 e. The minimum atomic E-state index is -0.305. The van der Waals surface area contributed by atoms with Gasteiger partial charge in [-0.05, 0) is 52.7 Å². The highest BCUT2D eigenvalue weighted by molar-refractivity contribution is 9.10. The molecule has 0 fully saturated rings. The molecule has 1 aromatic carbocycles. The molecule has 2 aromatic rings. The Balaban J connectivity index is 2.14. The standard InChI is InChI=1S/C16H18BrN3O3/c1-10(19-20-16(21)14-7-13(17)8-18-14)11-4-5-15(23-3)12(6-11)9-22-2/h4-8,18H,9H2,1-3H3,(H,20,21)/b19-10-. The van der Waals surface area contributed by atoms with E-state index in [2.05, 4.69) is 31.4 Å². The van der Waals surface area contributed by atoms with E-state index in [4.69, 9.17) is 9.47 Å². The zero-order valence-electron chi connectivity index (χ0n) is 13.1. The lowest BCUT2D eigenvalue weighted by atomic mass is 10.1. The Bertz CT molecular complexity index is 725. The smallest absolute Gasteiger partial charge is 0.287 e. The molecule has 23 heavy (non-hydrogen) atoms. The summed E-state index contributed by atoms with van der Waals surface area (Å²) < 4.78 is 11.3. The van der Waals surface area contributed by atoms with Gasteiger partial charge in [0.25, 0.3) is 5.91 Å². The second kappa shape index (κ2) is 7.94. The minimum absolute atomic E-state index is 0.305. The number of rotatable bonds is 6. The van der Waals surface area contributed by atoms with Crippen LogP contribution in [0.25, 0.3) is 0 Å². The third-order valence-electron chi connectivity index (χ3n) is 3.22. The lowest BCUT2D eigenvalue weighted by Gasteiger charge is -2.10. The summed E-state index contributed by atoms with van der Waals surface area (Å²) in [6.45, 7) is 2.26. The fourth-order valence-electron chi connectivity index (χ4n) is 2.03. The Hall–Kier alpha value is -2.12. The molecule has 6 nitrogen and oxygen atoms in total. The van der Waals surface area contributed by atoms with E-state index in [1.165, 1.54) is 0 Å². The Kier molecular flexibility index (Phi) is 5.95. The number of amides is 1. The number of halogens is 1. The molecule has 7 heteroatoms. The van der Waals surface area contributed by atoms with E-state index in [0.29, 0.717) is 18.0 Å². The monoisotopic (exact) mass is 379 g/mol. The maximum absolute atomic E-state index is 12.0. The lowest BCUT2D eigenvalue weighted by Crippen LogP contribution is -2.19. The number of ether oxygens (including phenoxy) is 2. The first-order valence-corrected chi connectivity index (χ1v) is 7.69. The zero-order chi connectivity index (χ0) is 16.8. The van der Waals surface area contributed by atoms with Crippen molar-refractivity contribution >= 4 is 27.5 Å². The Labute approximate surface area is 143 Å². The number of nitrogens with zero attached hydrogens (tertiary/aromatic N) is 1. The highest BCUT2D eigenvalue weighted by Crippen LogP contribution is 2.21. The number of carbonyl (C=O) groups is 1. The summed E-state index contributed by atoms with van der Waals surface area (Å²) in [6.07, 6.45) is 1.69. The fourth-order valence-corrected chi connectivity index (χ4v) is 2.37. The molecular formula is C16H18BrN3O3. The van der Waals surface area contributed by atoms with Gasteiger partial charge in [-0.1, -0.05) is 0 Å². The van der Waals surface area contributed by atoms with Crippen LogP contribution in [0.3, 0.4) is 0 Å². The van der Waals surface area contributed by atoms with Crippen molar-refractivity contribution in [3.05, 3.63) is 51.8 Å². The molecule has 2 rings (SSSR count). The van der Waals surface area contributed by atoms with E-state index >= 15 is 0 Å². The van der Waals surface area contributed by atoms with E-state index in [1.807, 2.05) is 25.1 Å². The van der Waals surface area contributed by atoms with E-state index in [9.17, 15) is 4.79 Å². The summed E-state index contributed by atoms with van der Waals surface area (Å²) >= 11 is 3.28. The van der Waals surface area contributed by atoms with Crippen LogP contribution in [0.2, 0.25) is 0 Å². The van der Waals surface area contributed by atoms with Crippen LogP contribution >= 0.6 is 15.9 Å². The number of aromatic amines is 1. The van der Waals surface area contributed by atoms with Crippen molar-refractivity contribution in [2.75, 3.05) is 14.2 Å². The summed E-state index contributed by atoms with van der Waals surface area (Å²) in [5, 5.41) is 4.14. The molecule has 0 atom stereocenters. The first-order valence-electron chi connectivity index (χ1n) is 6.90. The van der Waals surface area contributed by atoms with Crippen LogP contribution in [0.5, 0.6) is 5.75 Å². The second-order valence-corrected chi connectivity index (χ2v) is 5.75. The van der Waals surface area contributed by atoms with Gasteiger partial charge in [0.15, 0.2) is 0 Å². The average Bonchev–Trinajstić information content (AvgIpc) is 2.99. The number of carbonyl (C=O) groups excluding carboxylic acids is 1. The molecule has 0 radical (unpaired) electrons. The SMILES string of the molecule is COCc1cc(/C(C)=N\NC(=O)c2cc(Br)c[nH]2)ccc1OC. The van der Waals surface area contributed by atoms with Crippen molar-refractivity contribution in [3.63, 3.8) is 0 Å². The molecule has 0 unspecified atom stereocenters. The third kappa shape index (κ3) is 4.43. The number of benzene rings is 1. The van der Waals surface area contributed by atoms with Crippen LogP contribution in [0, 0.1) is 0 Å². The van der Waals surface area contributed by atoms with Gasteiger partial charge in [0.1, 0.15) is 11.4 Å². The van der Waals surface area contributed by atoms with Gasteiger partial charge >= 0.3 is 0 Å². The quantitative estimate of drug-likeness (QED) is 0.597. The fraction of sp³-hybridized carbons (Fsp3) is 0.250. The van der Waals surface area contributed by atoms with Crippen molar-refractivity contribution in [2.45, 2.75) is 13.5 Å². The summed E-state index contributed by atoms with van der Waals surface area (Å²) in [4.78, 5) is 14.8. The van der Waals surface area contributed by atoms with E-state index in [0.717, 1.165) is 21.3 Å². The topological polar surface area (TPSA) is 75.7 Å². The third-order valence-corrected chi connectivity index (χ3v) is 3.67. The molecule has 0 aliphatic carbocycles. The molecular weight excluding hydrogens is 362 g/mol. The normalized spacial score (nSPS) is 11.4. The van der Waals surface area contributed by atoms with Crippen molar-refractivity contribution < 1.29 is 14.3 Å². The number of hydrazone groups is 1. The zero-order valence-corrected chi connectivity index (χ0v) is 14.7. The molecule has 1 aromatic heterocycles. The van der Waals surface area contributed by atoms with Crippen molar-refractivity contribution in [1.82, 2.24) is 10.4 Å². The van der Waals surface area contributed by atoms with Crippen LogP contribution in [-0.2, 0) is 11.3 Å². The molecule has 0 bridgehead atoms. The van der Waals surface area contributed by atoms with Gasteiger partial charge in [0.2, 0.25) is 0 Å². The van der Waals surface area contributed by atoms with E-state index in [-0.39, 0.29) is 5.91 Å². The van der Waals surface area contributed by atoms with Gasteiger partial charge < -0.3 is 14.5 Å². The molecule has 0 saturated heterocycles. The molecule has 0 aliphatic rings. The van der Waals surface area contributed by atoms with Crippen LogP contribution in [-0.4, -0.2) is 30.8 Å². The van der Waals surface area contributed by atoms with Crippen LogP contribution in [0.15, 0.2) is 40.0 Å². The Morgan fingerprint density at radius 3 is 2.74 bits per heavy atom.